The van der Waals surface area contributed by atoms with Crippen molar-refractivity contribution in [2.75, 3.05) is 7.11 Å². The minimum Gasteiger partial charge on any atom is -0.506 e. The second-order valence-corrected chi connectivity index (χ2v) is 6.09. The lowest BCUT2D eigenvalue weighted by atomic mass is 9.93. The molecule has 20 heavy (non-hydrogen) atoms. The van der Waals surface area contributed by atoms with Crippen LogP contribution in [0.2, 0.25) is 0 Å². The smallest absolute Gasteiger partial charge is 0.271 e. The van der Waals surface area contributed by atoms with Gasteiger partial charge in [0.1, 0.15) is 16.2 Å². The SMILES string of the molecule is COC1(c2noc(-c3sccc3O)n2)CCCCCC1. The van der Waals surface area contributed by atoms with Gasteiger partial charge in [-0.1, -0.05) is 30.8 Å². The summed E-state index contributed by atoms with van der Waals surface area (Å²) in [6.07, 6.45) is 6.50. The normalized spacial score (nSPS) is 18.9. The van der Waals surface area contributed by atoms with Gasteiger partial charge in [0.2, 0.25) is 5.82 Å². The lowest BCUT2D eigenvalue weighted by Gasteiger charge is -2.27. The first-order chi connectivity index (χ1) is 9.75. The number of rotatable bonds is 3. The lowest BCUT2D eigenvalue weighted by molar-refractivity contribution is -0.0365. The van der Waals surface area contributed by atoms with Gasteiger partial charge in [0.15, 0.2) is 0 Å². The number of aromatic nitrogens is 2. The zero-order valence-corrected chi connectivity index (χ0v) is 12.3. The van der Waals surface area contributed by atoms with E-state index in [2.05, 4.69) is 10.1 Å². The summed E-state index contributed by atoms with van der Waals surface area (Å²) in [6, 6.07) is 1.63. The van der Waals surface area contributed by atoms with Crippen LogP contribution in [0.3, 0.4) is 0 Å². The maximum Gasteiger partial charge on any atom is 0.271 e. The molecule has 0 aromatic carbocycles. The summed E-state index contributed by atoms with van der Waals surface area (Å²) < 4.78 is 11.1. The molecule has 1 aliphatic carbocycles. The Balaban J connectivity index is 1.93. The zero-order valence-electron chi connectivity index (χ0n) is 11.5. The van der Waals surface area contributed by atoms with Crippen LogP contribution in [0.25, 0.3) is 10.8 Å². The first-order valence-electron chi connectivity index (χ1n) is 6.91. The Labute approximate surface area is 121 Å². The topological polar surface area (TPSA) is 68.4 Å². The molecular weight excluding hydrogens is 276 g/mol. The second-order valence-electron chi connectivity index (χ2n) is 5.17. The number of aromatic hydroxyl groups is 1. The number of thiophene rings is 1. The maximum absolute atomic E-state index is 9.74. The highest BCUT2D eigenvalue weighted by Crippen LogP contribution is 2.39. The quantitative estimate of drug-likeness (QED) is 0.874. The van der Waals surface area contributed by atoms with E-state index in [0.717, 1.165) is 25.7 Å². The van der Waals surface area contributed by atoms with Crippen LogP contribution in [-0.2, 0) is 10.3 Å². The van der Waals surface area contributed by atoms with Gasteiger partial charge in [-0.3, -0.25) is 0 Å². The van der Waals surface area contributed by atoms with Gasteiger partial charge >= 0.3 is 0 Å². The van der Waals surface area contributed by atoms with E-state index in [0.29, 0.717) is 16.6 Å². The molecule has 0 unspecified atom stereocenters. The monoisotopic (exact) mass is 294 g/mol. The third kappa shape index (κ3) is 2.33. The van der Waals surface area contributed by atoms with E-state index in [1.165, 1.54) is 24.2 Å². The van der Waals surface area contributed by atoms with Crippen molar-refractivity contribution in [2.24, 2.45) is 0 Å². The molecule has 6 heteroatoms. The van der Waals surface area contributed by atoms with E-state index < -0.39 is 5.60 Å². The van der Waals surface area contributed by atoms with Gasteiger partial charge in [0.25, 0.3) is 5.89 Å². The predicted octanol–water partition coefficient (Wildman–Crippen LogP) is 3.70. The average molecular weight is 294 g/mol. The van der Waals surface area contributed by atoms with Crippen molar-refractivity contribution in [1.29, 1.82) is 0 Å². The van der Waals surface area contributed by atoms with Gasteiger partial charge in [0, 0.05) is 7.11 Å². The summed E-state index contributed by atoms with van der Waals surface area (Å²) in [7, 11) is 1.71. The highest BCUT2D eigenvalue weighted by Gasteiger charge is 2.38. The van der Waals surface area contributed by atoms with Crippen molar-refractivity contribution in [3.8, 4) is 16.5 Å². The fourth-order valence-electron chi connectivity index (χ4n) is 2.78. The zero-order chi connectivity index (χ0) is 14.0. The van der Waals surface area contributed by atoms with E-state index in [9.17, 15) is 5.11 Å². The molecule has 1 N–H and O–H groups in total. The van der Waals surface area contributed by atoms with Crippen molar-refractivity contribution >= 4 is 11.3 Å². The molecule has 0 atom stereocenters. The van der Waals surface area contributed by atoms with Crippen molar-refractivity contribution in [3.63, 3.8) is 0 Å². The van der Waals surface area contributed by atoms with Gasteiger partial charge in [-0.15, -0.1) is 11.3 Å². The van der Waals surface area contributed by atoms with Gasteiger partial charge in [-0.2, -0.15) is 4.98 Å². The summed E-state index contributed by atoms with van der Waals surface area (Å²) >= 11 is 1.39. The number of methoxy groups -OCH3 is 1. The summed E-state index contributed by atoms with van der Waals surface area (Å²) in [4.78, 5) is 5.08. The fraction of sp³-hybridized carbons (Fsp3) is 0.571. The second kappa shape index (κ2) is 5.54. The first-order valence-corrected chi connectivity index (χ1v) is 7.79. The Morgan fingerprint density at radius 1 is 1.30 bits per heavy atom. The Kier molecular flexibility index (Phi) is 3.76. The van der Waals surface area contributed by atoms with Crippen molar-refractivity contribution in [2.45, 2.75) is 44.1 Å². The number of ether oxygens (including phenoxy) is 1. The average Bonchev–Trinajstić information content (AvgIpc) is 3.03. The fourth-order valence-corrected chi connectivity index (χ4v) is 3.49. The Morgan fingerprint density at radius 2 is 2.05 bits per heavy atom. The molecule has 0 bridgehead atoms. The van der Waals surface area contributed by atoms with Crippen LogP contribution in [0.15, 0.2) is 16.0 Å². The van der Waals surface area contributed by atoms with Crippen LogP contribution < -0.4 is 0 Å². The van der Waals surface area contributed by atoms with E-state index in [-0.39, 0.29) is 5.75 Å². The molecule has 3 rings (SSSR count). The molecule has 1 aliphatic rings. The van der Waals surface area contributed by atoms with Crippen LogP contribution in [0.5, 0.6) is 5.75 Å². The number of hydrogen-bond donors (Lipinski definition) is 1. The van der Waals surface area contributed by atoms with Crippen molar-refractivity contribution in [1.82, 2.24) is 10.1 Å². The number of nitrogens with zero attached hydrogens (tertiary/aromatic N) is 2. The highest BCUT2D eigenvalue weighted by atomic mass is 32.1. The molecule has 2 aromatic heterocycles. The van der Waals surface area contributed by atoms with Crippen molar-refractivity contribution < 1.29 is 14.4 Å². The molecule has 0 saturated heterocycles. The predicted molar refractivity (Wildman–Crippen MR) is 75.7 cm³/mol. The van der Waals surface area contributed by atoms with Crippen LogP contribution in [-0.4, -0.2) is 22.4 Å². The molecule has 108 valence electrons. The summed E-state index contributed by atoms with van der Waals surface area (Å²) in [5.74, 6) is 1.15. The van der Waals surface area contributed by atoms with Gasteiger partial charge in [-0.05, 0) is 24.3 Å². The molecule has 2 heterocycles. The Bertz CT molecular complexity index is 570. The lowest BCUT2D eigenvalue weighted by Crippen LogP contribution is -2.29. The van der Waals surface area contributed by atoms with Crippen molar-refractivity contribution in [3.05, 3.63) is 17.3 Å². The molecule has 1 fully saturated rings. The molecule has 2 aromatic rings. The highest BCUT2D eigenvalue weighted by molar-refractivity contribution is 7.13. The molecule has 5 nitrogen and oxygen atoms in total. The third-order valence-electron chi connectivity index (χ3n) is 3.97. The number of hydrogen-bond acceptors (Lipinski definition) is 6. The maximum atomic E-state index is 9.74. The Hall–Kier alpha value is -1.40. The standard InChI is InChI=1S/C14H18N2O3S/c1-18-14(7-4-2-3-5-8-14)13-15-12(19-16-13)11-10(17)6-9-20-11/h6,9,17H,2-5,7-8H2,1H3. The van der Waals surface area contributed by atoms with Crippen LogP contribution in [0.1, 0.15) is 44.3 Å². The molecule has 0 radical (unpaired) electrons. The first kappa shape index (κ1) is 13.6. The third-order valence-corrected chi connectivity index (χ3v) is 4.87. The molecule has 0 amide bonds. The van der Waals surface area contributed by atoms with E-state index in [4.69, 9.17) is 9.26 Å². The molecule has 0 spiro atoms. The van der Waals surface area contributed by atoms with E-state index >= 15 is 0 Å². The minimum absolute atomic E-state index is 0.178. The summed E-state index contributed by atoms with van der Waals surface area (Å²) in [5.41, 5.74) is -0.439. The summed E-state index contributed by atoms with van der Waals surface area (Å²) in [5, 5.41) is 15.6. The summed E-state index contributed by atoms with van der Waals surface area (Å²) in [6.45, 7) is 0. The van der Waals surface area contributed by atoms with Crippen LogP contribution in [0.4, 0.5) is 0 Å². The van der Waals surface area contributed by atoms with Gasteiger partial charge < -0.3 is 14.4 Å². The van der Waals surface area contributed by atoms with E-state index in [1.807, 2.05) is 0 Å². The van der Waals surface area contributed by atoms with Gasteiger partial charge in [0.05, 0.1) is 0 Å². The van der Waals surface area contributed by atoms with Gasteiger partial charge in [-0.25, -0.2) is 0 Å². The van der Waals surface area contributed by atoms with Crippen LogP contribution in [0, 0.1) is 0 Å². The molecule has 0 aliphatic heterocycles. The van der Waals surface area contributed by atoms with Crippen LogP contribution >= 0.6 is 11.3 Å². The molecule has 1 saturated carbocycles. The molecular formula is C14H18N2O3S. The Morgan fingerprint density at radius 3 is 2.65 bits per heavy atom. The largest absolute Gasteiger partial charge is 0.506 e. The van der Waals surface area contributed by atoms with E-state index in [1.54, 1.807) is 18.6 Å². The minimum atomic E-state index is -0.439.